The first-order valence-electron chi connectivity index (χ1n) is 8.50. The Morgan fingerprint density at radius 3 is 2.86 bits per heavy atom. The van der Waals surface area contributed by atoms with E-state index < -0.39 is 8.53 Å². The topological polar surface area (TPSA) is 30.9 Å². The summed E-state index contributed by atoms with van der Waals surface area (Å²) in [4.78, 5) is 0. The molecular weight excluding hydrogens is 284 g/mol. The van der Waals surface area contributed by atoms with Gasteiger partial charge in [-0.25, -0.2) is 4.67 Å². The lowest BCUT2D eigenvalue weighted by molar-refractivity contribution is 0.0225. The number of rotatable bonds is 3. The Morgan fingerprint density at radius 1 is 1.43 bits per heavy atom. The third-order valence-corrected chi connectivity index (χ3v) is 7.52. The van der Waals surface area contributed by atoms with Gasteiger partial charge in [-0.3, -0.25) is 0 Å². The molecule has 0 aromatic rings. The average molecular weight is 313 g/mol. The van der Waals surface area contributed by atoms with Crippen LogP contribution < -0.4 is 0 Å². The van der Waals surface area contributed by atoms with E-state index in [1.54, 1.807) is 0 Å². The smallest absolute Gasteiger partial charge is 0.259 e. The summed E-state index contributed by atoms with van der Waals surface area (Å²) < 4.78 is 21.3. The van der Waals surface area contributed by atoms with Crippen molar-refractivity contribution < 1.29 is 13.8 Å². The number of nitrogens with zero attached hydrogens (tertiary/aromatic N) is 1. The highest BCUT2D eigenvalue weighted by molar-refractivity contribution is 7.45. The number of fused-ring (bicyclic) bond motifs is 1. The largest absolute Gasteiger partial charge is 0.381 e. The van der Waals surface area contributed by atoms with Crippen LogP contribution in [0.1, 0.15) is 52.9 Å². The van der Waals surface area contributed by atoms with Crippen LogP contribution in [-0.2, 0) is 13.8 Å². The molecular formula is C15H29BNO3P. The summed E-state index contributed by atoms with van der Waals surface area (Å²) in [6.45, 7) is 6.69. The molecule has 3 fully saturated rings. The second kappa shape index (κ2) is 6.09. The van der Waals surface area contributed by atoms with Crippen LogP contribution >= 0.6 is 8.53 Å². The van der Waals surface area contributed by atoms with E-state index in [4.69, 9.17) is 13.8 Å². The number of hydrogen-bond acceptors (Lipinski definition) is 4. The van der Waals surface area contributed by atoms with Crippen molar-refractivity contribution in [3.63, 3.8) is 0 Å². The van der Waals surface area contributed by atoms with Gasteiger partial charge in [0.05, 0.1) is 17.8 Å². The van der Waals surface area contributed by atoms with Crippen molar-refractivity contribution >= 4 is 16.4 Å². The summed E-state index contributed by atoms with van der Waals surface area (Å²) in [5.74, 6) is 0.435. The lowest BCUT2D eigenvalue weighted by Crippen LogP contribution is -2.43. The molecule has 2 heterocycles. The van der Waals surface area contributed by atoms with E-state index in [2.05, 4.69) is 40.3 Å². The van der Waals surface area contributed by atoms with Gasteiger partial charge in [0.2, 0.25) is 0 Å². The van der Waals surface area contributed by atoms with Crippen LogP contribution in [0.3, 0.4) is 0 Å². The molecule has 0 radical (unpaired) electrons. The van der Waals surface area contributed by atoms with E-state index in [1.807, 2.05) is 0 Å². The van der Waals surface area contributed by atoms with Gasteiger partial charge < -0.3 is 13.8 Å². The first kappa shape index (κ1) is 16.2. The standard InChI is InChI=1S/C15H29BNO3P/c1-5-11-13(10(2)14(16)18-11)19-21-17(4)12-8-6-7-9-15(12,3)20-21/h10-14H,5-9,16H2,1-4H3/t10?,11-,12+,13-,14-,15+,21+/m1/s1. The minimum atomic E-state index is -0.941. The van der Waals surface area contributed by atoms with Gasteiger partial charge in [0.1, 0.15) is 7.85 Å². The molecule has 4 nitrogen and oxygen atoms in total. The van der Waals surface area contributed by atoms with Crippen LogP contribution in [0.15, 0.2) is 0 Å². The van der Waals surface area contributed by atoms with Crippen molar-refractivity contribution in [3.05, 3.63) is 0 Å². The van der Waals surface area contributed by atoms with E-state index in [1.165, 1.54) is 19.3 Å². The van der Waals surface area contributed by atoms with E-state index in [-0.39, 0.29) is 23.8 Å². The van der Waals surface area contributed by atoms with Gasteiger partial charge in [0.15, 0.2) is 0 Å². The average Bonchev–Trinajstić information content (AvgIpc) is 2.87. The minimum Gasteiger partial charge on any atom is -0.381 e. The minimum absolute atomic E-state index is 0.00523. The fraction of sp³-hybridized carbons (Fsp3) is 1.00. The number of likely N-dealkylation sites (N-methyl/N-ethyl adjacent to an activating group) is 1. The van der Waals surface area contributed by atoms with E-state index in [9.17, 15) is 0 Å². The zero-order valence-corrected chi connectivity index (χ0v) is 14.9. The van der Waals surface area contributed by atoms with Gasteiger partial charge in [-0.1, -0.05) is 26.7 Å². The molecule has 7 atom stereocenters. The maximum absolute atomic E-state index is 6.47. The fourth-order valence-electron chi connectivity index (χ4n) is 4.11. The van der Waals surface area contributed by atoms with Crippen LogP contribution in [0.2, 0.25) is 0 Å². The van der Waals surface area contributed by atoms with E-state index >= 15 is 0 Å². The maximum atomic E-state index is 6.47. The summed E-state index contributed by atoms with van der Waals surface area (Å²) in [6.07, 6.45) is 6.38. The summed E-state index contributed by atoms with van der Waals surface area (Å²) in [5, 5.41) is 0. The van der Waals surface area contributed by atoms with E-state index in [0.717, 1.165) is 12.8 Å². The highest BCUT2D eigenvalue weighted by Crippen LogP contribution is 2.60. The highest BCUT2D eigenvalue weighted by Gasteiger charge is 2.53. The van der Waals surface area contributed by atoms with Gasteiger partial charge in [-0.05, 0) is 33.2 Å². The molecule has 0 N–H and O–H groups in total. The van der Waals surface area contributed by atoms with Crippen LogP contribution in [0.5, 0.6) is 0 Å². The van der Waals surface area contributed by atoms with Crippen molar-refractivity contribution in [2.45, 2.75) is 82.7 Å². The normalized spacial score (nSPS) is 51.2. The Bertz CT molecular complexity index is 388. The van der Waals surface area contributed by atoms with Crippen LogP contribution in [0, 0.1) is 5.92 Å². The molecule has 3 aliphatic rings. The second-order valence-corrected chi connectivity index (χ2v) is 8.69. The summed E-state index contributed by atoms with van der Waals surface area (Å²) >= 11 is 0. The van der Waals surface area contributed by atoms with Gasteiger partial charge >= 0.3 is 0 Å². The lowest BCUT2D eigenvalue weighted by atomic mass is 9.82. The molecule has 6 heteroatoms. The van der Waals surface area contributed by atoms with Crippen molar-refractivity contribution in [1.29, 1.82) is 0 Å². The third kappa shape index (κ3) is 2.81. The van der Waals surface area contributed by atoms with Crippen LogP contribution in [0.4, 0.5) is 0 Å². The van der Waals surface area contributed by atoms with Crippen molar-refractivity contribution in [2.24, 2.45) is 5.92 Å². The van der Waals surface area contributed by atoms with Crippen LogP contribution in [-0.4, -0.2) is 49.4 Å². The van der Waals surface area contributed by atoms with Gasteiger partial charge in [-0.2, -0.15) is 0 Å². The third-order valence-electron chi connectivity index (χ3n) is 5.73. The van der Waals surface area contributed by atoms with Gasteiger partial charge in [0.25, 0.3) is 8.53 Å². The molecule has 2 aliphatic heterocycles. The quantitative estimate of drug-likeness (QED) is 0.592. The summed E-state index contributed by atoms with van der Waals surface area (Å²) in [7, 11) is 3.39. The molecule has 2 saturated heterocycles. The maximum Gasteiger partial charge on any atom is 0.259 e. The van der Waals surface area contributed by atoms with Crippen molar-refractivity contribution in [2.75, 3.05) is 7.05 Å². The molecule has 1 unspecified atom stereocenters. The molecule has 0 spiro atoms. The monoisotopic (exact) mass is 313 g/mol. The molecule has 120 valence electrons. The van der Waals surface area contributed by atoms with Gasteiger partial charge in [0, 0.05) is 18.0 Å². The number of ether oxygens (including phenoxy) is 1. The zero-order chi connectivity index (χ0) is 15.2. The number of hydrogen-bond donors (Lipinski definition) is 0. The summed E-state index contributed by atoms with van der Waals surface area (Å²) in [6, 6.07) is 0.799. The predicted molar refractivity (Wildman–Crippen MR) is 88.0 cm³/mol. The lowest BCUT2D eigenvalue weighted by Gasteiger charge is -2.35. The van der Waals surface area contributed by atoms with E-state index in [0.29, 0.717) is 12.0 Å². The van der Waals surface area contributed by atoms with Crippen molar-refractivity contribution in [1.82, 2.24) is 4.67 Å². The SMILES string of the molecule is B[C@@H]1O[C@H](CC)[C@H](O[P@@]2O[C@@]3(C)CCCC[C@@H]3N2C)C1C. The molecule has 0 aromatic heterocycles. The highest BCUT2D eigenvalue weighted by atomic mass is 31.2. The molecule has 0 aromatic carbocycles. The Balaban J connectivity index is 1.70. The molecule has 1 saturated carbocycles. The molecule has 1 aliphatic carbocycles. The fourth-order valence-corrected chi connectivity index (χ4v) is 6.12. The zero-order valence-electron chi connectivity index (χ0n) is 14.0. The molecule has 3 rings (SSSR count). The first-order valence-corrected chi connectivity index (χ1v) is 9.63. The Kier molecular flexibility index (Phi) is 4.70. The first-order chi connectivity index (χ1) is 9.96. The van der Waals surface area contributed by atoms with Crippen molar-refractivity contribution in [3.8, 4) is 0 Å². The molecule has 0 bridgehead atoms. The Labute approximate surface area is 131 Å². The second-order valence-electron chi connectivity index (χ2n) is 7.19. The summed E-state index contributed by atoms with van der Waals surface area (Å²) in [5.41, 5.74) is -0.00523. The van der Waals surface area contributed by atoms with Gasteiger partial charge in [-0.15, -0.1) is 0 Å². The Morgan fingerprint density at radius 2 is 2.19 bits per heavy atom. The Hall–Kier alpha value is 0.335. The molecule has 0 amide bonds. The predicted octanol–water partition coefficient (Wildman–Crippen LogP) is 2.67. The van der Waals surface area contributed by atoms with Crippen LogP contribution in [0.25, 0.3) is 0 Å². The molecule has 21 heavy (non-hydrogen) atoms.